The quantitative estimate of drug-likeness (QED) is 0.527. The van der Waals surface area contributed by atoms with Gasteiger partial charge in [-0.25, -0.2) is 0 Å². The zero-order chi connectivity index (χ0) is 17.8. The fourth-order valence-corrected chi connectivity index (χ4v) is 2.38. The molecule has 0 fully saturated rings. The fourth-order valence-electron chi connectivity index (χ4n) is 2.38. The Labute approximate surface area is 147 Å². The van der Waals surface area contributed by atoms with Crippen LogP contribution in [0.15, 0.2) is 96.8 Å². The summed E-state index contributed by atoms with van der Waals surface area (Å²) in [5.74, 6) is 0. The molecule has 0 bridgehead atoms. The van der Waals surface area contributed by atoms with Crippen molar-refractivity contribution in [2.24, 2.45) is 5.73 Å². The van der Waals surface area contributed by atoms with Gasteiger partial charge in [0, 0.05) is 12.1 Å². The lowest BCUT2D eigenvalue weighted by Gasteiger charge is -2.09. The lowest BCUT2D eigenvalue weighted by molar-refractivity contribution is 1.09. The highest BCUT2D eigenvalue weighted by atomic mass is 14.6. The lowest BCUT2D eigenvalue weighted by Crippen LogP contribution is -2.00. The van der Waals surface area contributed by atoms with Crippen molar-refractivity contribution in [1.29, 1.82) is 0 Å². The topological polar surface area (TPSA) is 26.0 Å². The standard InChI is InChI=1S/C23H29N/c1-5-8-14-20(12-6-2)19(4)17-23(24)18-22(13-7-3)21-15-10-9-11-16-21/h7-16,18H,3-6,17,24H2,1-2H3/b14-8-,20-12+,22-13+,23-18+. The maximum absolute atomic E-state index is 6.28. The minimum atomic E-state index is 0.654. The molecule has 0 amide bonds. The van der Waals surface area contributed by atoms with E-state index in [-0.39, 0.29) is 0 Å². The summed E-state index contributed by atoms with van der Waals surface area (Å²) < 4.78 is 0. The zero-order valence-electron chi connectivity index (χ0n) is 15.0. The Bertz CT molecular complexity index is 655. The lowest BCUT2D eigenvalue weighted by atomic mass is 9.98. The number of allylic oxidation sites excluding steroid dienone is 9. The van der Waals surface area contributed by atoms with Gasteiger partial charge in [-0.1, -0.05) is 87.7 Å². The van der Waals surface area contributed by atoms with Crippen molar-refractivity contribution in [3.63, 3.8) is 0 Å². The summed E-state index contributed by atoms with van der Waals surface area (Å²) in [6, 6.07) is 10.2. The van der Waals surface area contributed by atoms with Gasteiger partial charge in [-0.2, -0.15) is 0 Å². The van der Waals surface area contributed by atoms with Gasteiger partial charge in [0.05, 0.1) is 0 Å². The number of hydrogen-bond donors (Lipinski definition) is 1. The SMILES string of the molecule is C=C/C=C(\C=C(\N)CC(=C)C(/C=C\CC)=C/CC)c1ccccc1. The van der Waals surface area contributed by atoms with Crippen molar-refractivity contribution in [3.05, 3.63) is 102 Å². The Morgan fingerprint density at radius 1 is 1.12 bits per heavy atom. The van der Waals surface area contributed by atoms with E-state index >= 15 is 0 Å². The van der Waals surface area contributed by atoms with Gasteiger partial charge in [-0.3, -0.25) is 0 Å². The van der Waals surface area contributed by atoms with Crippen molar-refractivity contribution in [1.82, 2.24) is 0 Å². The number of rotatable bonds is 9. The van der Waals surface area contributed by atoms with Crippen LogP contribution in [0.4, 0.5) is 0 Å². The van der Waals surface area contributed by atoms with Gasteiger partial charge in [0.2, 0.25) is 0 Å². The van der Waals surface area contributed by atoms with Crippen molar-refractivity contribution < 1.29 is 0 Å². The second-order valence-electron chi connectivity index (χ2n) is 5.60. The van der Waals surface area contributed by atoms with Gasteiger partial charge in [-0.15, -0.1) is 0 Å². The van der Waals surface area contributed by atoms with E-state index in [1.54, 1.807) is 6.08 Å². The number of hydrogen-bond acceptors (Lipinski definition) is 1. The van der Waals surface area contributed by atoms with Crippen LogP contribution in [-0.2, 0) is 0 Å². The van der Waals surface area contributed by atoms with Crippen molar-refractivity contribution in [2.75, 3.05) is 0 Å². The molecule has 0 aliphatic rings. The summed E-state index contributed by atoms with van der Waals surface area (Å²) in [6.45, 7) is 12.3. The highest BCUT2D eigenvalue weighted by Crippen LogP contribution is 2.21. The molecule has 1 aromatic rings. The molecule has 1 aromatic carbocycles. The molecule has 0 saturated heterocycles. The molecule has 0 saturated carbocycles. The first-order valence-electron chi connectivity index (χ1n) is 8.51. The smallest absolute Gasteiger partial charge is 0.0131 e. The number of benzene rings is 1. The monoisotopic (exact) mass is 319 g/mol. The molecular weight excluding hydrogens is 290 g/mol. The average molecular weight is 319 g/mol. The highest BCUT2D eigenvalue weighted by molar-refractivity contribution is 5.75. The minimum absolute atomic E-state index is 0.654. The molecule has 0 atom stereocenters. The average Bonchev–Trinajstić information content (AvgIpc) is 2.58. The van der Waals surface area contributed by atoms with Gasteiger partial charge >= 0.3 is 0 Å². The van der Waals surface area contributed by atoms with Crippen molar-refractivity contribution >= 4 is 5.57 Å². The summed E-state index contributed by atoms with van der Waals surface area (Å²) >= 11 is 0. The maximum Gasteiger partial charge on any atom is 0.0131 e. The normalized spacial score (nSPS) is 13.3. The Hall–Kier alpha value is -2.54. The predicted molar refractivity (Wildman–Crippen MR) is 108 cm³/mol. The van der Waals surface area contributed by atoms with Crippen LogP contribution in [0.5, 0.6) is 0 Å². The van der Waals surface area contributed by atoms with E-state index < -0.39 is 0 Å². The van der Waals surface area contributed by atoms with Crippen LogP contribution in [0, 0.1) is 0 Å². The minimum Gasteiger partial charge on any atom is -0.402 e. The summed E-state index contributed by atoms with van der Waals surface area (Å²) in [5.41, 5.74) is 11.5. The Balaban J connectivity index is 2.96. The maximum atomic E-state index is 6.28. The molecule has 0 aliphatic heterocycles. The molecule has 0 aromatic heterocycles. The van der Waals surface area contributed by atoms with Gasteiger partial charge in [0.25, 0.3) is 0 Å². The van der Waals surface area contributed by atoms with E-state index in [0.29, 0.717) is 6.42 Å². The third-order valence-electron chi connectivity index (χ3n) is 3.53. The summed E-state index contributed by atoms with van der Waals surface area (Å²) in [6.07, 6.45) is 14.9. The number of nitrogens with two attached hydrogens (primary N) is 1. The first kappa shape index (κ1) is 19.5. The zero-order valence-corrected chi connectivity index (χ0v) is 15.0. The summed E-state index contributed by atoms with van der Waals surface area (Å²) in [7, 11) is 0. The third-order valence-corrected chi connectivity index (χ3v) is 3.53. The predicted octanol–water partition coefficient (Wildman–Crippen LogP) is 6.35. The van der Waals surface area contributed by atoms with Crippen molar-refractivity contribution in [2.45, 2.75) is 33.1 Å². The van der Waals surface area contributed by atoms with E-state index in [4.69, 9.17) is 5.73 Å². The van der Waals surface area contributed by atoms with Crippen LogP contribution in [0.1, 0.15) is 38.7 Å². The fraction of sp³-hybridized carbons (Fsp3) is 0.217. The van der Waals surface area contributed by atoms with E-state index in [0.717, 1.165) is 35.2 Å². The van der Waals surface area contributed by atoms with Crippen LogP contribution in [-0.4, -0.2) is 0 Å². The summed E-state index contributed by atoms with van der Waals surface area (Å²) in [4.78, 5) is 0. The van der Waals surface area contributed by atoms with Crippen LogP contribution < -0.4 is 5.73 Å². The molecule has 2 N–H and O–H groups in total. The molecule has 0 radical (unpaired) electrons. The van der Waals surface area contributed by atoms with Crippen molar-refractivity contribution in [3.8, 4) is 0 Å². The highest BCUT2D eigenvalue weighted by Gasteiger charge is 2.03. The molecule has 24 heavy (non-hydrogen) atoms. The second kappa shape index (κ2) is 11.1. The molecule has 1 nitrogen and oxygen atoms in total. The Morgan fingerprint density at radius 3 is 2.42 bits per heavy atom. The first-order chi connectivity index (χ1) is 11.6. The molecular formula is C23H29N. The van der Waals surface area contributed by atoms with Gasteiger partial charge in [0.1, 0.15) is 0 Å². The van der Waals surface area contributed by atoms with E-state index in [2.05, 4.69) is 57.4 Å². The molecule has 1 rings (SSSR count). The Kier molecular flexibility index (Phi) is 8.99. The molecule has 1 heteroatoms. The van der Waals surface area contributed by atoms with Gasteiger partial charge in [-0.05, 0) is 41.2 Å². The van der Waals surface area contributed by atoms with Crippen LogP contribution >= 0.6 is 0 Å². The third kappa shape index (κ3) is 6.70. The molecule has 0 aliphatic carbocycles. The largest absolute Gasteiger partial charge is 0.402 e. The van der Waals surface area contributed by atoms with Gasteiger partial charge in [0.15, 0.2) is 0 Å². The second-order valence-corrected chi connectivity index (χ2v) is 5.60. The van der Waals surface area contributed by atoms with Crippen LogP contribution in [0.2, 0.25) is 0 Å². The van der Waals surface area contributed by atoms with E-state index in [1.807, 2.05) is 30.4 Å². The summed E-state index contributed by atoms with van der Waals surface area (Å²) in [5, 5.41) is 0. The molecule has 0 heterocycles. The Morgan fingerprint density at radius 2 is 1.83 bits per heavy atom. The van der Waals surface area contributed by atoms with Crippen LogP contribution in [0.3, 0.4) is 0 Å². The van der Waals surface area contributed by atoms with E-state index in [1.165, 1.54) is 5.57 Å². The van der Waals surface area contributed by atoms with Gasteiger partial charge < -0.3 is 5.73 Å². The first-order valence-corrected chi connectivity index (χ1v) is 8.51. The molecule has 0 spiro atoms. The molecule has 126 valence electrons. The van der Waals surface area contributed by atoms with Crippen LogP contribution in [0.25, 0.3) is 5.57 Å². The molecule has 0 unspecified atom stereocenters. The van der Waals surface area contributed by atoms with E-state index in [9.17, 15) is 0 Å².